The van der Waals surface area contributed by atoms with E-state index in [1.165, 1.54) is 0 Å². The van der Waals surface area contributed by atoms with Crippen molar-refractivity contribution in [1.82, 2.24) is 0 Å². The normalized spacial score (nSPS) is 10.3. The van der Waals surface area contributed by atoms with Gasteiger partial charge in [-0.2, -0.15) is 5.26 Å². The molecule has 0 unspecified atom stereocenters. The lowest BCUT2D eigenvalue weighted by atomic mass is 10.1. The molecule has 0 amide bonds. The number of thioether (sulfide) groups is 1. The highest BCUT2D eigenvalue weighted by atomic mass is 32.2. The van der Waals surface area contributed by atoms with E-state index in [0.29, 0.717) is 23.7 Å². The molecule has 0 saturated carbocycles. The number of rotatable bonds is 7. The van der Waals surface area contributed by atoms with Gasteiger partial charge in [-0.25, -0.2) is 0 Å². The quantitative estimate of drug-likeness (QED) is 0.782. The van der Waals surface area contributed by atoms with Crippen LogP contribution in [0.5, 0.6) is 0 Å². The maximum absolute atomic E-state index is 11.0. The average molecular weight is 292 g/mol. The summed E-state index contributed by atoms with van der Waals surface area (Å²) in [4.78, 5) is 13.7. The molecule has 4 nitrogen and oxygen atoms in total. The number of aliphatic carboxylic acids is 1. The molecule has 0 heterocycles. The first-order valence-electron chi connectivity index (χ1n) is 6.62. The second-order valence-corrected chi connectivity index (χ2v) is 6.17. The third-order valence-corrected chi connectivity index (χ3v) is 3.61. The van der Waals surface area contributed by atoms with Gasteiger partial charge < -0.3 is 10.0 Å². The molecular weight excluding hydrogens is 272 g/mol. The summed E-state index contributed by atoms with van der Waals surface area (Å²) >= 11 is 1.60. The summed E-state index contributed by atoms with van der Waals surface area (Å²) in [6.07, 6.45) is 0. The van der Waals surface area contributed by atoms with Crippen molar-refractivity contribution in [2.45, 2.75) is 25.7 Å². The Labute approximate surface area is 124 Å². The van der Waals surface area contributed by atoms with Gasteiger partial charge in [0, 0.05) is 11.4 Å². The summed E-state index contributed by atoms with van der Waals surface area (Å²) in [5, 5.41) is 18.5. The van der Waals surface area contributed by atoms with Crippen LogP contribution in [-0.2, 0) is 4.79 Å². The van der Waals surface area contributed by atoms with Crippen molar-refractivity contribution in [2.75, 3.05) is 23.7 Å². The standard InChI is InChI=1S/C15H20N2O2S/c1-4-20-14-7-5-6-13(12(14)8-16)17(9-11(2)3)10-15(18)19/h5-7,11H,4,9-10H2,1-3H3,(H,18,19). The summed E-state index contributed by atoms with van der Waals surface area (Å²) in [7, 11) is 0. The molecule has 0 saturated heterocycles. The van der Waals surface area contributed by atoms with Crippen molar-refractivity contribution in [3.8, 4) is 6.07 Å². The lowest BCUT2D eigenvalue weighted by Crippen LogP contribution is -2.33. The SMILES string of the molecule is CCSc1cccc(N(CC(=O)O)CC(C)C)c1C#N. The summed E-state index contributed by atoms with van der Waals surface area (Å²) < 4.78 is 0. The van der Waals surface area contributed by atoms with Gasteiger partial charge in [0.1, 0.15) is 12.6 Å². The maximum Gasteiger partial charge on any atom is 0.323 e. The first-order chi connectivity index (χ1) is 9.49. The third kappa shape index (κ3) is 4.46. The Morgan fingerprint density at radius 3 is 2.70 bits per heavy atom. The van der Waals surface area contributed by atoms with Crippen molar-refractivity contribution in [1.29, 1.82) is 5.26 Å². The molecule has 0 atom stereocenters. The summed E-state index contributed by atoms with van der Waals surface area (Å²) in [5.74, 6) is 0.313. The smallest absolute Gasteiger partial charge is 0.323 e. The van der Waals surface area contributed by atoms with E-state index in [0.717, 1.165) is 10.6 Å². The van der Waals surface area contributed by atoms with Crippen LogP contribution in [0.25, 0.3) is 0 Å². The van der Waals surface area contributed by atoms with Gasteiger partial charge in [0.05, 0.1) is 11.3 Å². The fraction of sp³-hybridized carbons (Fsp3) is 0.467. The Balaban J connectivity index is 3.21. The fourth-order valence-corrected chi connectivity index (χ4v) is 2.80. The van der Waals surface area contributed by atoms with Crippen LogP contribution in [0.2, 0.25) is 0 Å². The minimum Gasteiger partial charge on any atom is -0.480 e. The Morgan fingerprint density at radius 1 is 1.50 bits per heavy atom. The molecule has 1 aromatic carbocycles. The molecule has 0 spiro atoms. The predicted octanol–water partition coefficient (Wildman–Crippen LogP) is 3.22. The zero-order valence-corrected chi connectivity index (χ0v) is 12.9. The molecule has 0 aliphatic heterocycles. The van der Waals surface area contributed by atoms with Gasteiger partial charge in [0.15, 0.2) is 0 Å². The van der Waals surface area contributed by atoms with Crippen LogP contribution in [0.1, 0.15) is 26.3 Å². The molecule has 0 aromatic heterocycles. The van der Waals surface area contributed by atoms with Crippen LogP contribution in [0, 0.1) is 17.2 Å². The van der Waals surface area contributed by atoms with E-state index >= 15 is 0 Å². The molecule has 1 N–H and O–H groups in total. The number of carboxylic acid groups (broad SMARTS) is 1. The third-order valence-electron chi connectivity index (χ3n) is 2.67. The van der Waals surface area contributed by atoms with Crippen molar-refractivity contribution in [2.24, 2.45) is 5.92 Å². The van der Waals surface area contributed by atoms with Gasteiger partial charge >= 0.3 is 5.97 Å². The number of carboxylic acids is 1. The molecule has 20 heavy (non-hydrogen) atoms. The zero-order valence-electron chi connectivity index (χ0n) is 12.1. The largest absolute Gasteiger partial charge is 0.480 e. The van der Waals surface area contributed by atoms with E-state index in [2.05, 4.69) is 6.07 Å². The average Bonchev–Trinajstić information content (AvgIpc) is 2.37. The highest BCUT2D eigenvalue weighted by Gasteiger charge is 2.17. The van der Waals surface area contributed by atoms with Crippen LogP contribution in [0.15, 0.2) is 23.1 Å². The molecule has 0 fully saturated rings. The fourth-order valence-electron chi connectivity index (χ4n) is 2.02. The van der Waals surface area contributed by atoms with E-state index in [1.54, 1.807) is 16.7 Å². The second-order valence-electron chi connectivity index (χ2n) is 4.86. The van der Waals surface area contributed by atoms with Gasteiger partial charge in [0.25, 0.3) is 0 Å². The van der Waals surface area contributed by atoms with E-state index in [4.69, 9.17) is 5.11 Å². The van der Waals surface area contributed by atoms with Crippen LogP contribution in [-0.4, -0.2) is 29.9 Å². The predicted molar refractivity (Wildman–Crippen MR) is 82.2 cm³/mol. The number of anilines is 1. The van der Waals surface area contributed by atoms with Gasteiger partial charge in [-0.1, -0.05) is 26.8 Å². The van der Waals surface area contributed by atoms with Gasteiger partial charge in [0.2, 0.25) is 0 Å². The molecule has 0 aliphatic rings. The molecule has 1 aromatic rings. The number of hydrogen-bond acceptors (Lipinski definition) is 4. The van der Waals surface area contributed by atoms with E-state index in [-0.39, 0.29) is 6.54 Å². The second kappa shape index (κ2) is 7.81. The van der Waals surface area contributed by atoms with Crippen molar-refractivity contribution >= 4 is 23.4 Å². The van der Waals surface area contributed by atoms with Crippen molar-refractivity contribution in [3.63, 3.8) is 0 Å². The Morgan fingerprint density at radius 2 is 2.20 bits per heavy atom. The minimum absolute atomic E-state index is 0.0902. The van der Waals surface area contributed by atoms with Crippen LogP contribution >= 0.6 is 11.8 Å². The van der Waals surface area contributed by atoms with Crippen LogP contribution in [0.4, 0.5) is 5.69 Å². The van der Waals surface area contributed by atoms with Gasteiger partial charge in [-0.3, -0.25) is 4.79 Å². The van der Waals surface area contributed by atoms with Gasteiger partial charge in [-0.15, -0.1) is 11.8 Å². The monoisotopic (exact) mass is 292 g/mol. The highest BCUT2D eigenvalue weighted by molar-refractivity contribution is 7.99. The molecule has 0 radical (unpaired) electrons. The number of nitrogens with zero attached hydrogens (tertiary/aromatic N) is 2. The topological polar surface area (TPSA) is 64.3 Å². The van der Waals surface area contributed by atoms with Crippen LogP contribution < -0.4 is 4.90 Å². The van der Waals surface area contributed by atoms with Crippen molar-refractivity contribution in [3.05, 3.63) is 23.8 Å². The number of benzene rings is 1. The lowest BCUT2D eigenvalue weighted by Gasteiger charge is -2.26. The number of hydrogen-bond donors (Lipinski definition) is 1. The van der Waals surface area contributed by atoms with Crippen molar-refractivity contribution < 1.29 is 9.90 Å². The summed E-state index contributed by atoms with van der Waals surface area (Å²) in [6.45, 7) is 6.62. The maximum atomic E-state index is 11.0. The summed E-state index contributed by atoms with van der Waals surface area (Å²) in [6, 6.07) is 7.83. The Hall–Kier alpha value is -1.67. The van der Waals surface area contributed by atoms with Crippen LogP contribution in [0.3, 0.4) is 0 Å². The lowest BCUT2D eigenvalue weighted by molar-refractivity contribution is -0.135. The number of nitriles is 1. The van der Waals surface area contributed by atoms with E-state index < -0.39 is 5.97 Å². The molecular formula is C15H20N2O2S. The first kappa shape index (κ1) is 16.4. The molecule has 108 valence electrons. The minimum atomic E-state index is -0.886. The van der Waals surface area contributed by atoms with E-state index in [9.17, 15) is 10.1 Å². The van der Waals surface area contributed by atoms with E-state index in [1.807, 2.05) is 39.0 Å². The Kier molecular flexibility index (Phi) is 6.40. The molecule has 5 heteroatoms. The molecule has 0 bridgehead atoms. The number of carbonyl (C=O) groups is 1. The zero-order chi connectivity index (χ0) is 15.1. The molecule has 1 rings (SSSR count). The van der Waals surface area contributed by atoms with Gasteiger partial charge in [-0.05, 0) is 23.8 Å². The Bertz CT molecular complexity index is 509. The summed E-state index contributed by atoms with van der Waals surface area (Å²) in [5.41, 5.74) is 1.28. The molecule has 0 aliphatic carbocycles. The highest BCUT2D eigenvalue weighted by Crippen LogP contribution is 2.30. The first-order valence-corrected chi connectivity index (χ1v) is 7.60.